The van der Waals surface area contributed by atoms with Gasteiger partial charge in [-0.25, -0.2) is 0 Å². The first kappa shape index (κ1) is 15.0. The van der Waals surface area contributed by atoms with Gasteiger partial charge in [0.15, 0.2) is 0 Å². The lowest BCUT2D eigenvalue weighted by Gasteiger charge is -2.35. The Morgan fingerprint density at radius 2 is 1.65 bits per heavy atom. The van der Waals surface area contributed by atoms with E-state index < -0.39 is 0 Å². The van der Waals surface area contributed by atoms with Gasteiger partial charge in [-0.3, -0.25) is 0 Å². The van der Waals surface area contributed by atoms with Crippen molar-refractivity contribution in [1.29, 1.82) is 0 Å². The van der Waals surface area contributed by atoms with E-state index in [1.807, 2.05) is 0 Å². The zero-order valence-corrected chi connectivity index (χ0v) is 12.4. The van der Waals surface area contributed by atoms with Crippen molar-refractivity contribution in [2.24, 2.45) is 29.6 Å². The maximum atomic E-state index is 10.3. The van der Waals surface area contributed by atoms with Crippen molar-refractivity contribution in [1.82, 2.24) is 0 Å². The SMILES string of the molecule is CC(C)C(C)CC[C@@H](O)C1CCC(C)C(C)C1. The third-order valence-electron chi connectivity index (χ3n) is 5.24. The summed E-state index contributed by atoms with van der Waals surface area (Å²) in [6.07, 6.45) is 5.92. The fourth-order valence-corrected chi connectivity index (χ4v) is 2.94. The van der Waals surface area contributed by atoms with E-state index in [1.54, 1.807) is 0 Å². The summed E-state index contributed by atoms with van der Waals surface area (Å²) in [7, 11) is 0. The Morgan fingerprint density at radius 3 is 2.18 bits per heavy atom. The van der Waals surface area contributed by atoms with Crippen LogP contribution in [0.1, 0.15) is 66.7 Å². The minimum absolute atomic E-state index is 0.0499. The predicted molar refractivity (Wildman–Crippen MR) is 74.9 cm³/mol. The molecule has 1 nitrogen and oxygen atoms in total. The van der Waals surface area contributed by atoms with E-state index in [-0.39, 0.29) is 6.10 Å². The van der Waals surface area contributed by atoms with Gasteiger partial charge in [0.25, 0.3) is 0 Å². The number of hydrogen-bond donors (Lipinski definition) is 1. The number of aliphatic hydroxyl groups is 1. The van der Waals surface area contributed by atoms with Gasteiger partial charge in [0, 0.05) is 0 Å². The average Bonchev–Trinajstić information content (AvgIpc) is 2.28. The van der Waals surface area contributed by atoms with Crippen LogP contribution in [0.3, 0.4) is 0 Å². The molecule has 1 N–H and O–H groups in total. The molecule has 102 valence electrons. The maximum Gasteiger partial charge on any atom is 0.0568 e. The van der Waals surface area contributed by atoms with Crippen molar-refractivity contribution < 1.29 is 5.11 Å². The fraction of sp³-hybridized carbons (Fsp3) is 1.00. The van der Waals surface area contributed by atoms with Crippen LogP contribution in [0.5, 0.6) is 0 Å². The van der Waals surface area contributed by atoms with Gasteiger partial charge >= 0.3 is 0 Å². The molecule has 0 radical (unpaired) electrons. The summed E-state index contributed by atoms with van der Waals surface area (Å²) in [5.41, 5.74) is 0. The molecule has 5 atom stereocenters. The van der Waals surface area contributed by atoms with E-state index in [4.69, 9.17) is 0 Å². The topological polar surface area (TPSA) is 20.2 Å². The van der Waals surface area contributed by atoms with Gasteiger partial charge in [-0.15, -0.1) is 0 Å². The molecule has 0 bridgehead atoms. The van der Waals surface area contributed by atoms with Crippen LogP contribution in [-0.2, 0) is 0 Å². The molecule has 17 heavy (non-hydrogen) atoms. The van der Waals surface area contributed by atoms with E-state index in [9.17, 15) is 5.11 Å². The second-order valence-corrected chi connectivity index (χ2v) is 6.89. The van der Waals surface area contributed by atoms with Gasteiger partial charge in [0.1, 0.15) is 0 Å². The summed E-state index contributed by atoms with van der Waals surface area (Å²) in [6, 6.07) is 0. The van der Waals surface area contributed by atoms with Crippen LogP contribution in [0.2, 0.25) is 0 Å². The largest absolute Gasteiger partial charge is 0.393 e. The molecule has 4 unspecified atom stereocenters. The summed E-state index contributed by atoms with van der Waals surface area (Å²) in [6.45, 7) is 11.6. The lowest BCUT2D eigenvalue weighted by atomic mass is 9.73. The molecule has 1 fully saturated rings. The minimum atomic E-state index is -0.0499. The highest BCUT2D eigenvalue weighted by Gasteiger charge is 2.29. The van der Waals surface area contributed by atoms with E-state index in [0.29, 0.717) is 5.92 Å². The van der Waals surface area contributed by atoms with E-state index in [0.717, 1.165) is 30.1 Å². The van der Waals surface area contributed by atoms with Crippen LogP contribution in [-0.4, -0.2) is 11.2 Å². The molecule has 1 heteroatoms. The van der Waals surface area contributed by atoms with Crippen LogP contribution < -0.4 is 0 Å². The van der Waals surface area contributed by atoms with Gasteiger partial charge in [0.05, 0.1) is 6.10 Å². The normalized spacial score (nSPS) is 33.7. The summed E-state index contributed by atoms with van der Waals surface area (Å²) >= 11 is 0. The Bertz CT molecular complexity index is 212. The highest BCUT2D eigenvalue weighted by atomic mass is 16.3. The molecule has 0 aliphatic heterocycles. The van der Waals surface area contributed by atoms with Gasteiger partial charge in [-0.1, -0.05) is 41.0 Å². The van der Waals surface area contributed by atoms with Crippen molar-refractivity contribution >= 4 is 0 Å². The Hall–Kier alpha value is -0.0400. The Balaban J connectivity index is 2.30. The van der Waals surface area contributed by atoms with E-state index in [2.05, 4.69) is 34.6 Å². The highest BCUT2D eigenvalue weighted by molar-refractivity contribution is 4.80. The van der Waals surface area contributed by atoms with Crippen LogP contribution in [0.25, 0.3) is 0 Å². The zero-order valence-electron chi connectivity index (χ0n) is 12.4. The highest BCUT2D eigenvalue weighted by Crippen LogP contribution is 2.36. The summed E-state index contributed by atoms with van der Waals surface area (Å²) in [4.78, 5) is 0. The third kappa shape index (κ3) is 4.62. The Labute approximate surface area is 108 Å². The molecule has 0 aromatic carbocycles. The first-order chi connectivity index (χ1) is 7.91. The number of hydrogen-bond acceptors (Lipinski definition) is 1. The molecule has 0 heterocycles. The first-order valence-corrected chi connectivity index (χ1v) is 7.59. The number of aliphatic hydroxyl groups excluding tert-OH is 1. The molecule has 0 amide bonds. The van der Waals surface area contributed by atoms with Gasteiger partial charge in [-0.05, 0) is 55.3 Å². The van der Waals surface area contributed by atoms with Crippen molar-refractivity contribution in [3.63, 3.8) is 0 Å². The van der Waals surface area contributed by atoms with Crippen LogP contribution in [0.4, 0.5) is 0 Å². The standard InChI is InChI=1S/C16H32O/c1-11(2)12(3)7-9-16(17)15-8-6-13(4)14(5)10-15/h11-17H,6-10H2,1-5H3/t12?,13?,14?,15?,16-/m1/s1. The van der Waals surface area contributed by atoms with Crippen molar-refractivity contribution in [3.8, 4) is 0 Å². The Kier molecular flexibility index (Phi) is 5.99. The second kappa shape index (κ2) is 6.78. The van der Waals surface area contributed by atoms with Gasteiger partial charge in [0.2, 0.25) is 0 Å². The monoisotopic (exact) mass is 240 g/mol. The third-order valence-corrected chi connectivity index (χ3v) is 5.24. The molecule has 1 saturated carbocycles. The van der Waals surface area contributed by atoms with Crippen LogP contribution in [0.15, 0.2) is 0 Å². The lowest BCUT2D eigenvalue weighted by molar-refractivity contribution is 0.0452. The zero-order chi connectivity index (χ0) is 13.0. The minimum Gasteiger partial charge on any atom is -0.393 e. The first-order valence-electron chi connectivity index (χ1n) is 7.59. The maximum absolute atomic E-state index is 10.3. The smallest absolute Gasteiger partial charge is 0.0568 e. The van der Waals surface area contributed by atoms with Gasteiger partial charge in [-0.2, -0.15) is 0 Å². The Morgan fingerprint density at radius 1 is 1.00 bits per heavy atom. The second-order valence-electron chi connectivity index (χ2n) is 6.89. The van der Waals surface area contributed by atoms with Gasteiger partial charge < -0.3 is 5.11 Å². The van der Waals surface area contributed by atoms with Crippen molar-refractivity contribution in [2.45, 2.75) is 72.8 Å². The van der Waals surface area contributed by atoms with Crippen LogP contribution in [0, 0.1) is 29.6 Å². The summed E-state index contributed by atoms with van der Waals surface area (Å²) in [5, 5.41) is 10.3. The average molecular weight is 240 g/mol. The van der Waals surface area contributed by atoms with Crippen LogP contribution >= 0.6 is 0 Å². The predicted octanol–water partition coefficient (Wildman–Crippen LogP) is 4.49. The molecule has 1 aliphatic carbocycles. The molecule has 0 saturated heterocycles. The molecular formula is C16H32O. The van der Waals surface area contributed by atoms with E-state index in [1.165, 1.54) is 25.7 Å². The molecular weight excluding hydrogens is 208 g/mol. The lowest BCUT2D eigenvalue weighted by Crippen LogP contribution is -2.29. The summed E-state index contributed by atoms with van der Waals surface area (Å²) < 4.78 is 0. The molecule has 0 aromatic rings. The van der Waals surface area contributed by atoms with Crippen molar-refractivity contribution in [3.05, 3.63) is 0 Å². The molecule has 1 aliphatic rings. The van der Waals surface area contributed by atoms with E-state index >= 15 is 0 Å². The molecule has 0 aromatic heterocycles. The molecule has 1 rings (SSSR count). The molecule has 0 spiro atoms. The number of rotatable bonds is 5. The quantitative estimate of drug-likeness (QED) is 0.750. The fourth-order valence-electron chi connectivity index (χ4n) is 2.94. The van der Waals surface area contributed by atoms with Crippen molar-refractivity contribution in [2.75, 3.05) is 0 Å². The summed E-state index contributed by atoms with van der Waals surface area (Å²) in [5.74, 6) is 3.71.